The number of nitrogens with zero attached hydrogens (tertiary/aromatic N) is 1. The molecule has 1 aliphatic heterocycles. The molecule has 1 aromatic rings. The average Bonchev–Trinajstić information content (AvgIpc) is 2.40. The number of benzene rings is 1. The van der Waals surface area contributed by atoms with Gasteiger partial charge in [-0.1, -0.05) is 6.07 Å². The lowest BCUT2D eigenvalue weighted by Gasteiger charge is -2.31. The second-order valence-corrected chi connectivity index (χ2v) is 4.78. The Morgan fingerprint density at radius 1 is 1.38 bits per heavy atom. The van der Waals surface area contributed by atoms with Crippen molar-refractivity contribution < 1.29 is 9.59 Å². The molecule has 1 heterocycles. The van der Waals surface area contributed by atoms with Crippen LogP contribution in [0.5, 0.6) is 0 Å². The van der Waals surface area contributed by atoms with Crippen LogP contribution >= 0.6 is 12.4 Å². The fourth-order valence-corrected chi connectivity index (χ4v) is 2.44. The number of fused-ring (bicyclic) bond motifs is 1. The van der Waals surface area contributed by atoms with E-state index in [1.807, 2.05) is 23.1 Å². The minimum absolute atomic E-state index is 0. The zero-order chi connectivity index (χ0) is 14.5. The highest BCUT2D eigenvalue weighted by molar-refractivity contribution is 5.96. The Balaban J connectivity index is 0.00000220. The molecule has 0 radical (unpaired) electrons. The molecule has 21 heavy (non-hydrogen) atoms. The number of urea groups is 1. The zero-order valence-electron chi connectivity index (χ0n) is 12.0. The summed E-state index contributed by atoms with van der Waals surface area (Å²) in [7, 11) is 0. The van der Waals surface area contributed by atoms with Crippen LogP contribution < -0.4 is 21.3 Å². The molecule has 116 valence electrons. The van der Waals surface area contributed by atoms with Gasteiger partial charge in [-0.3, -0.25) is 10.1 Å². The molecule has 0 fully saturated rings. The SMILES string of the molecule is CCNC(=O)NC(=O)CN1CCCc2c(N)cccc21.Cl. The summed E-state index contributed by atoms with van der Waals surface area (Å²) in [4.78, 5) is 25.1. The van der Waals surface area contributed by atoms with Crippen LogP contribution in [0, 0.1) is 0 Å². The van der Waals surface area contributed by atoms with Gasteiger partial charge in [-0.2, -0.15) is 0 Å². The van der Waals surface area contributed by atoms with E-state index in [0.717, 1.165) is 36.3 Å². The number of carbonyl (C=O) groups excluding carboxylic acids is 2. The summed E-state index contributed by atoms with van der Waals surface area (Å²) in [5.41, 5.74) is 8.80. The summed E-state index contributed by atoms with van der Waals surface area (Å²) in [5, 5.41) is 4.84. The first-order valence-electron chi connectivity index (χ1n) is 6.81. The summed E-state index contributed by atoms with van der Waals surface area (Å²) in [6.45, 7) is 3.24. The van der Waals surface area contributed by atoms with Gasteiger partial charge in [-0.15, -0.1) is 12.4 Å². The van der Waals surface area contributed by atoms with Crippen molar-refractivity contribution in [2.24, 2.45) is 0 Å². The van der Waals surface area contributed by atoms with Gasteiger partial charge in [0, 0.05) is 24.5 Å². The van der Waals surface area contributed by atoms with Crippen molar-refractivity contribution in [2.45, 2.75) is 19.8 Å². The molecule has 0 spiro atoms. The second-order valence-electron chi connectivity index (χ2n) is 4.78. The molecule has 1 aliphatic rings. The zero-order valence-corrected chi connectivity index (χ0v) is 12.8. The summed E-state index contributed by atoms with van der Waals surface area (Å²) < 4.78 is 0. The van der Waals surface area contributed by atoms with Gasteiger partial charge in [0.2, 0.25) is 5.91 Å². The first-order chi connectivity index (χ1) is 9.61. The third-order valence-corrected chi connectivity index (χ3v) is 3.31. The third kappa shape index (κ3) is 4.26. The molecule has 0 saturated carbocycles. The highest BCUT2D eigenvalue weighted by atomic mass is 35.5. The number of nitrogens with one attached hydrogen (secondary N) is 2. The van der Waals surface area contributed by atoms with Crippen molar-refractivity contribution in [1.29, 1.82) is 0 Å². The van der Waals surface area contributed by atoms with Crippen LogP contribution in [-0.4, -0.2) is 31.6 Å². The Morgan fingerprint density at radius 3 is 2.86 bits per heavy atom. The molecule has 2 rings (SSSR count). The van der Waals surface area contributed by atoms with E-state index in [1.54, 1.807) is 6.92 Å². The van der Waals surface area contributed by atoms with Gasteiger partial charge in [-0.25, -0.2) is 4.79 Å². The minimum Gasteiger partial charge on any atom is -0.398 e. The number of carbonyl (C=O) groups is 2. The van der Waals surface area contributed by atoms with Crippen LogP contribution in [0.25, 0.3) is 0 Å². The van der Waals surface area contributed by atoms with Crippen molar-refractivity contribution in [3.8, 4) is 0 Å². The van der Waals surface area contributed by atoms with Gasteiger partial charge in [0.05, 0.1) is 6.54 Å². The fourth-order valence-electron chi connectivity index (χ4n) is 2.44. The lowest BCUT2D eigenvalue weighted by molar-refractivity contribution is -0.118. The standard InChI is InChI=1S/C14H20N4O2.ClH/c1-2-16-14(20)17-13(19)9-18-8-4-5-10-11(15)6-3-7-12(10)18;/h3,6-7H,2,4-5,8-9,15H2,1H3,(H2,16,17,19,20);1H. The lowest BCUT2D eigenvalue weighted by Crippen LogP contribution is -2.45. The first kappa shape index (κ1) is 17.1. The molecule has 0 aromatic heterocycles. The highest BCUT2D eigenvalue weighted by Gasteiger charge is 2.21. The molecule has 6 nitrogen and oxygen atoms in total. The van der Waals surface area contributed by atoms with Gasteiger partial charge in [-0.05, 0) is 37.5 Å². The summed E-state index contributed by atoms with van der Waals surface area (Å²) >= 11 is 0. The van der Waals surface area contributed by atoms with Crippen LogP contribution in [0.3, 0.4) is 0 Å². The van der Waals surface area contributed by atoms with E-state index < -0.39 is 6.03 Å². The number of amides is 3. The summed E-state index contributed by atoms with van der Waals surface area (Å²) in [6.07, 6.45) is 1.88. The quantitative estimate of drug-likeness (QED) is 0.734. The number of hydrogen-bond donors (Lipinski definition) is 3. The van der Waals surface area contributed by atoms with Crippen molar-refractivity contribution in [2.75, 3.05) is 30.3 Å². The van der Waals surface area contributed by atoms with Gasteiger partial charge < -0.3 is 16.0 Å². The number of hydrogen-bond acceptors (Lipinski definition) is 4. The maximum atomic E-state index is 11.8. The van der Waals surface area contributed by atoms with Crippen molar-refractivity contribution >= 4 is 35.7 Å². The van der Waals surface area contributed by atoms with E-state index in [2.05, 4.69) is 10.6 Å². The molecular formula is C14H21ClN4O2. The lowest BCUT2D eigenvalue weighted by atomic mass is 10.00. The number of anilines is 2. The van der Waals surface area contributed by atoms with Crippen LogP contribution in [-0.2, 0) is 11.2 Å². The Hall–Kier alpha value is -1.95. The molecule has 0 aliphatic carbocycles. The molecule has 1 aromatic carbocycles. The Kier molecular flexibility index (Phi) is 6.30. The van der Waals surface area contributed by atoms with Crippen LogP contribution in [0.2, 0.25) is 0 Å². The highest BCUT2D eigenvalue weighted by Crippen LogP contribution is 2.30. The monoisotopic (exact) mass is 312 g/mol. The second kappa shape index (κ2) is 7.73. The topological polar surface area (TPSA) is 87.5 Å². The van der Waals surface area contributed by atoms with Crippen LogP contribution in [0.15, 0.2) is 18.2 Å². The molecule has 7 heteroatoms. The summed E-state index contributed by atoms with van der Waals surface area (Å²) in [6, 6.07) is 5.26. The average molecular weight is 313 g/mol. The van der Waals surface area contributed by atoms with E-state index in [0.29, 0.717) is 6.54 Å². The number of imide groups is 1. The Morgan fingerprint density at radius 2 is 2.14 bits per heavy atom. The van der Waals surface area contributed by atoms with Crippen molar-refractivity contribution in [1.82, 2.24) is 10.6 Å². The normalized spacial score (nSPS) is 12.9. The first-order valence-corrected chi connectivity index (χ1v) is 6.81. The van der Waals surface area contributed by atoms with Crippen LogP contribution in [0.4, 0.5) is 16.2 Å². The van der Waals surface area contributed by atoms with Gasteiger partial charge >= 0.3 is 6.03 Å². The summed E-state index contributed by atoms with van der Waals surface area (Å²) in [5.74, 6) is -0.314. The van der Waals surface area contributed by atoms with E-state index in [1.165, 1.54) is 0 Å². The number of nitrogen functional groups attached to an aromatic ring is 1. The molecule has 0 saturated heterocycles. The minimum atomic E-state index is -0.456. The van der Waals surface area contributed by atoms with Gasteiger partial charge in [0.25, 0.3) is 0 Å². The number of rotatable bonds is 3. The Labute approximate surface area is 130 Å². The van der Waals surface area contributed by atoms with E-state index in [9.17, 15) is 9.59 Å². The van der Waals surface area contributed by atoms with E-state index in [4.69, 9.17) is 5.73 Å². The molecule has 0 bridgehead atoms. The Bertz CT molecular complexity index is 522. The smallest absolute Gasteiger partial charge is 0.321 e. The maximum Gasteiger partial charge on any atom is 0.321 e. The predicted molar refractivity (Wildman–Crippen MR) is 85.9 cm³/mol. The predicted octanol–water partition coefficient (Wildman–Crippen LogP) is 1.29. The number of halogens is 1. The van der Waals surface area contributed by atoms with E-state index >= 15 is 0 Å². The molecule has 3 amide bonds. The van der Waals surface area contributed by atoms with Gasteiger partial charge in [0.15, 0.2) is 0 Å². The van der Waals surface area contributed by atoms with E-state index in [-0.39, 0.29) is 24.9 Å². The molecule has 0 atom stereocenters. The third-order valence-electron chi connectivity index (χ3n) is 3.31. The van der Waals surface area contributed by atoms with Crippen molar-refractivity contribution in [3.63, 3.8) is 0 Å². The number of nitrogens with two attached hydrogens (primary N) is 1. The maximum absolute atomic E-state index is 11.8. The van der Waals surface area contributed by atoms with Gasteiger partial charge in [0.1, 0.15) is 0 Å². The van der Waals surface area contributed by atoms with Crippen molar-refractivity contribution in [3.05, 3.63) is 23.8 Å². The largest absolute Gasteiger partial charge is 0.398 e. The van der Waals surface area contributed by atoms with Crippen LogP contribution in [0.1, 0.15) is 18.9 Å². The molecule has 4 N–H and O–H groups in total. The fraction of sp³-hybridized carbons (Fsp3) is 0.429. The molecular weight excluding hydrogens is 292 g/mol. The molecule has 0 unspecified atom stereocenters.